The summed E-state index contributed by atoms with van der Waals surface area (Å²) in [6.45, 7) is 2.25. The van der Waals surface area contributed by atoms with Gasteiger partial charge < -0.3 is 10.1 Å². The second-order valence-corrected chi connectivity index (χ2v) is 8.11. The summed E-state index contributed by atoms with van der Waals surface area (Å²) >= 11 is 1.38. The van der Waals surface area contributed by atoms with Crippen LogP contribution in [0.2, 0.25) is 0 Å². The van der Waals surface area contributed by atoms with E-state index in [1.165, 1.54) is 33.6 Å². The van der Waals surface area contributed by atoms with Gasteiger partial charge in [-0.05, 0) is 41.3 Å². The van der Waals surface area contributed by atoms with Gasteiger partial charge in [-0.25, -0.2) is 4.79 Å². The third-order valence-corrected chi connectivity index (χ3v) is 6.13. The van der Waals surface area contributed by atoms with E-state index in [-0.39, 0.29) is 11.7 Å². The molecular formula is C25H21NO3S. The Morgan fingerprint density at radius 2 is 1.67 bits per heavy atom. The molecule has 4 rings (SSSR count). The lowest BCUT2D eigenvalue weighted by Crippen LogP contribution is -2.26. The first-order valence-corrected chi connectivity index (χ1v) is 10.6. The van der Waals surface area contributed by atoms with E-state index in [1.54, 1.807) is 13.0 Å². The molecule has 30 heavy (non-hydrogen) atoms. The Bertz CT molecular complexity index is 1110. The molecule has 1 aliphatic carbocycles. The Labute approximate surface area is 179 Å². The van der Waals surface area contributed by atoms with Crippen LogP contribution in [0.1, 0.15) is 44.9 Å². The van der Waals surface area contributed by atoms with Crippen molar-refractivity contribution in [2.45, 2.75) is 19.3 Å². The van der Waals surface area contributed by atoms with E-state index < -0.39 is 6.09 Å². The fourth-order valence-electron chi connectivity index (χ4n) is 3.62. The number of benzene rings is 2. The lowest BCUT2D eigenvalue weighted by atomic mass is 9.98. The van der Waals surface area contributed by atoms with Crippen molar-refractivity contribution < 1.29 is 14.3 Å². The van der Waals surface area contributed by atoms with Gasteiger partial charge in [0.2, 0.25) is 0 Å². The molecular weight excluding hydrogens is 394 g/mol. The highest BCUT2D eigenvalue weighted by Crippen LogP contribution is 2.44. The largest absolute Gasteiger partial charge is 0.449 e. The highest BCUT2D eigenvalue weighted by molar-refractivity contribution is 7.14. The number of nitrogens with one attached hydrogen (secondary N) is 1. The van der Waals surface area contributed by atoms with Crippen molar-refractivity contribution in [1.82, 2.24) is 5.32 Å². The SMILES string of the molecule is CC(=O)c1ccc(C#CCCNC(=O)OCC2c3ccccc3-c3ccccc32)s1. The van der Waals surface area contributed by atoms with Crippen LogP contribution in [0, 0.1) is 11.8 Å². The van der Waals surface area contributed by atoms with E-state index in [1.807, 2.05) is 30.3 Å². The van der Waals surface area contributed by atoms with Gasteiger partial charge in [0.05, 0.1) is 9.75 Å². The number of hydrogen-bond acceptors (Lipinski definition) is 4. The number of hydrogen-bond donors (Lipinski definition) is 1. The number of thiophene rings is 1. The van der Waals surface area contributed by atoms with Crippen molar-refractivity contribution in [2.75, 3.05) is 13.2 Å². The summed E-state index contributed by atoms with van der Waals surface area (Å²) in [7, 11) is 0. The molecule has 1 amide bonds. The summed E-state index contributed by atoms with van der Waals surface area (Å²) in [4.78, 5) is 25.0. The molecule has 0 saturated heterocycles. The predicted molar refractivity (Wildman–Crippen MR) is 119 cm³/mol. The van der Waals surface area contributed by atoms with Gasteiger partial charge in [-0.1, -0.05) is 60.4 Å². The van der Waals surface area contributed by atoms with Crippen LogP contribution < -0.4 is 5.32 Å². The highest BCUT2D eigenvalue weighted by atomic mass is 32.1. The van der Waals surface area contributed by atoms with Gasteiger partial charge in [0.15, 0.2) is 5.78 Å². The van der Waals surface area contributed by atoms with E-state index in [4.69, 9.17) is 4.74 Å². The molecule has 1 aromatic heterocycles. The monoisotopic (exact) mass is 415 g/mol. The zero-order valence-electron chi connectivity index (χ0n) is 16.6. The molecule has 5 heteroatoms. The highest BCUT2D eigenvalue weighted by Gasteiger charge is 2.28. The average molecular weight is 416 g/mol. The van der Waals surface area contributed by atoms with Crippen LogP contribution in [0.15, 0.2) is 60.7 Å². The van der Waals surface area contributed by atoms with Gasteiger partial charge in [-0.2, -0.15) is 0 Å². The summed E-state index contributed by atoms with van der Waals surface area (Å²) in [6.07, 6.45) is 0.0750. The normalized spacial score (nSPS) is 11.8. The van der Waals surface area contributed by atoms with Crippen LogP contribution in [0.25, 0.3) is 11.1 Å². The first-order valence-electron chi connectivity index (χ1n) is 9.82. The van der Waals surface area contributed by atoms with Gasteiger partial charge in [0.25, 0.3) is 0 Å². The molecule has 3 aromatic rings. The van der Waals surface area contributed by atoms with Crippen molar-refractivity contribution in [2.24, 2.45) is 0 Å². The lowest BCUT2D eigenvalue weighted by molar-refractivity contribution is 0.102. The molecule has 0 radical (unpaired) electrons. The summed E-state index contributed by atoms with van der Waals surface area (Å²) in [6, 6.07) is 20.1. The summed E-state index contributed by atoms with van der Waals surface area (Å²) < 4.78 is 5.50. The molecule has 2 aromatic carbocycles. The van der Waals surface area contributed by atoms with Crippen LogP contribution in [0.3, 0.4) is 0 Å². The van der Waals surface area contributed by atoms with Crippen molar-refractivity contribution >= 4 is 23.2 Å². The number of ether oxygens (including phenoxy) is 1. The zero-order valence-corrected chi connectivity index (χ0v) is 17.4. The first-order chi connectivity index (χ1) is 14.6. The summed E-state index contributed by atoms with van der Waals surface area (Å²) in [5.41, 5.74) is 4.80. The minimum atomic E-state index is -0.436. The lowest BCUT2D eigenvalue weighted by Gasteiger charge is -2.14. The molecule has 4 nitrogen and oxygen atoms in total. The van der Waals surface area contributed by atoms with E-state index in [2.05, 4.69) is 41.4 Å². The molecule has 0 saturated carbocycles. The number of Topliss-reactive ketones (excluding diaryl/α,β-unsaturated/α-hetero) is 1. The second-order valence-electron chi connectivity index (χ2n) is 7.02. The van der Waals surface area contributed by atoms with Crippen molar-refractivity contribution in [3.63, 3.8) is 0 Å². The zero-order chi connectivity index (χ0) is 20.9. The average Bonchev–Trinajstić information content (AvgIpc) is 3.35. The Morgan fingerprint density at radius 1 is 1.00 bits per heavy atom. The minimum absolute atomic E-state index is 0.0463. The maximum atomic E-state index is 12.1. The minimum Gasteiger partial charge on any atom is -0.449 e. The summed E-state index contributed by atoms with van der Waals surface area (Å²) in [5.74, 6) is 6.13. The maximum Gasteiger partial charge on any atom is 0.407 e. The Hall–Kier alpha value is -3.36. The molecule has 0 spiro atoms. The Kier molecular flexibility index (Phi) is 5.97. The van der Waals surface area contributed by atoms with Crippen molar-refractivity contribution in [3.8, 4) is 23.0 Å². The molecule has 0 bridgehead atoms. The number of ketones is 1. The van der Waals surface area contributed by atoms with Gasteiger partial charge in [0.1, 0.15) is 6.61 Å². The number of fused-ring (bicyclic) bond motifs is 3. The van der Waals surface area contributed by atoms with Crippen molar-refractivity contribution in [3.05, 3.63) is 81.5 Å². The number of rotatable bonds is 5. The van der Waals surface area contributed by atoms with Gasteiger partial charge in [-0.3, -0.25) is 4.79 Å². The van der Waals surface area contributed by atoms with Crippen LogP contribution in [0.5, 0.6) is 0 Å². The Morgan fingerprint density at radius 3 is 2.30 bits per heavy atom. The third-order valence-electron chi connectivity index (χ3n) is 5.03. The maximum absolute atomic E-state index is 12.1. The van der Waals surface area contributed by atoms with Crippen LogP contribution in [0.4, 0.5) is 4.79 Å². The second kappa shape index (κ2) is 8.98. The molecule has 0 fully saturated rings. The Balaban J connectivity index is 1.28. The van der Waals surface area contributed by atoms with Crippen LogP contribution in [-0.2, 0) is 4.74 Å². The standard InChI is InChI=1S/C25H21NO3S/c1-17(27)24-14-13-18(30-24)8-6-7-15-26-25(28)29-16-23-21-11-4-2-9-19(21)20-10-3-5-12-22(20)23/h2-5,9-14,23H,7,15-16H2,1H3,(H,26,28). The predicted octanol–water partition coefficient (Wildman–Crippen LogP) is 5.23. The fourth-order valence-corrected chi connectivity index (χ4v) is 4.40. The van der Waals surface area contributed by atoms with Crippen molar-refractivity contribution in [1.29, 1.82) is 0 Å². The number of alkyl carbamates (subject to hydrolysis) is 1. The van der Waals surface area contributed by atoms with Gasteiger partial charge in [0, 0.05) is 18.9 Å². The first kappa shape index (κ1) is 19.9. The summed E-state index contributed by atoms with van der Waals surface area (Å²) in [5, 5.41) is 2.75. The fraction of sp³-hybridized carbons (Fsp3) is 0.200. The van der Waals surface area contributed by atoms with Gasteiger partial charge >= 0.3 is 6.09 Å². The van der Waals surface area contributed by atoms with E-state index in [0.717, 1.165) is 4.88 Å². The van der Waals surface area contributed by atoms with E-state index >= 15 is 0 Å². The molecule has 150 valence electrons. The molecule has 1 heterocycles. The van der Waals surface area contributed by atoms with Crippen LogP contribution in [-0.4, -0.2) is 25.0 Å². The molecule has 0 unspecified atom stereocenters. The molecule has 0 atom stereocenters. The van der Waals surface area contributed by atoms with Gasteiger partial charge in [-0.15, -0.1) is 11.3 Å². The molecule has 1 N–H and O–H groups in total. The smallest absolute Gasteiger partial charge is 0.407 e. The quantitative estimate of drug-likeness (QED) is 0.353. The van der Waals surface area contributed by atoms with E-state index in [9.17, 15) is 9.59 Å². The number of amides is 1. The number of carbonyl (C=O) groups is 2. The molecule has 0 aliphatic heterocycles. The number of carbonyl (C=O) groups excluding carboxylic acids is 2. The molecule has 1 aliphatic rings. The van der Waals surface area contributed by atoms with E-state index in [0.29, 0.717) is 24.4 Å². The van der Waals surface area contributed by atoms with Crippen LogP contribution >= 0.6 is 11.3 Å². The topological polar surface area (TPSA) is 55.4 Å². The third kappa shape index (κ3) is 4.29.